The van der Waals surface area contributed by atoms with Crippen molar-refractivity contribution in [2.45, 2.75) is 17.5 Å². The van der Waals surface area contributed by atoms with Gasteiger partial charge in [-0.2, -0.15) is 4.72 Å². The van der Waals surface area contributed by atoms with Crippen LogP contribution in [0.1, 0.15) is 5.56 Å². The Bertz CT molecular complexity index is 1030. The SMILES string of the molecule is NC(=O)N(CCc1ccc(N2CC(O)NS2(O)O)c(O)c1)S(=O)(=O)c1ccccc1. The number of aromatic hydroxyl groups is 1. The first kappa shape index (κ1) is 22.1. The molecular weight excluding hydrogens is 436 g/mol. The highest BCUT2D eigenvalue weighted by molar-refractivity contribution is 8.24. The highest BCUT2D eigenvalue weighted by atomic mass is 32.3. The maximum Gasteiger partial charge on any atom is 0.328 e. The topological polar surface area (TPSA) is 177 Å². The number of rotatable bonds is 6. The van der Waals surface area contributed by atoms with Gasteiger partial charge in [-0.15, -0.1) is 0 Å². The van der Waals surface area contributed by atoms with Gasteiger partial charge >= 0.3 is 6.03 Å². The molecule has 0 aliphatic carbocycles. The Hall–Kier alpha value is -2.55. The first-order valence-electron chi connectivity index (χ1n) is 8.73. The molecule has 3 rings (SSSR count). The van der Waals surface area contributed by atoms with Gasteiger partial charge in [0.2, 0.25) is 0 Å². The van der Waals surface area contributed by atoms with Crippen LogP contribution in [0.15, 0.2) is 53.4 Å². The number of β-amino-alcohol motifs (C(OH)–C–C–N with tert-alkyl or cyclic N) is 1. The molecule has 0 radical (unpaired) electrons. The van der Waals surface area contributed by atoms with Crippen molar-refractivity contribution in [3.05, 3.63) is 54.1 Å². The molecule has 164 valence electrons. The fourth-order valence-electron chi connectivity index (χ4n) is 3.01. The van der Waals surface area contributed by atoms with Crippen LogP contribution in [0.4, 0.5) is 10.5 Å². The second-order valence-electron chi connectivity index (χ2n) is 6.52. The quantitative estimate of drug-likeness (QED) is 0.369. The Morgan fingerprint density at radius 2 is 1.90 bits per heavy atom. The largest absolute Gasteiger partial charge is 0.506 e. The van der Waals surface area contributed by atoms with E-state index in [1.54, 1.807) is 6.07 Å². The van der Waals surface area contributed by atoms with Crippen LogP contribution in [0.3, 0.4) is 0 Å². The molecule has 1 aliphatic heterocycles. The fourth-order valence-corrected chi connectivity index (χ4v) is 5.68. The first-order valence-corrected chi connectivity index (χ1v) is 11.7. The molecule has 7 N–H and O–H groups in total. The van der Waals surface area contributed by atoms with Crippen LogP contribution in [0.25, 0.3) is 0 Å². The lowest BCUT2D eigenvalue weighted by Gasteiger charge is -2.36. The Morgan fingerprint density at radius 3 is 2.43 bits per heavy atom. The van der Waals surface area contributed by atoms with Crippen molar-refractivity contribution in [3.63, 3.8) is 0 Å². The number of sulfonamides is 1. The highest BCUT2D eigenvalue weighted by Crippen LogP contribution is 2.49. The summed E-state index contributed by atoms with van der Waals surface area (Å²) in [5.74, 6) is -0.306. The van der Waals surface area contributed by atoms with E-state index in [1.165, 1.54) is 42.5 Å². The maximum atomic E-state index is 12.7. The number of amides is 2. The monoisotopic (exact) mass is 458 g/mol. The second-order valence-corrected chi connectivity index (χ2v) is 10.1. The number of hydrogen-bond donors (Lipinski definition) is 6. The number of carbonyl (C=O) groups is 1. The van der Waals surface area contributed by atoms with Gasteiger partial charge < -0.3 is 15.9 Å². The average Bonchev–Trinajstić information content (AvgIpc) is 2.94. The minimum Gasteiger partial charge on any atom is -0.506 e. The van der Waals surface area contributed by atoms with Crippen molar-refractivity contribution in [3.8, 4) is 5.75 Å². The summed E-state index contributed by atoms with van der Waals surface area (Å²) in [5.41, 5.74) is 5.83. The summed E-state index contributed by atoms with van der Waals surface area (Å²) >= 11 is 0. The first-order chi connectivity index (χ1) is 14.0. The third-order valence-corrected chi connectivity index (χ3v) is 7.79. The number of nitrogens with zero attached hydrogens (tertiary/aromatic N) is 2. The van der Waals surface area contributed by atoms with Gasteiger partial charge in [0.25, 0.3) is 10.0 Å². The second kappa shape index (κ2) is 8.29. The molecule has 13 heteroatoms. The predicted octanol–water partition coefficient (Wildman–Crippen LogP) is 1.01. The molecule has 0 saturated carbocycles. The molecule has 0 bridgehead atoms. The van der Waals surface area contributed by atoms with Crippen LogP contribution in [0.2, 0.25) is 0 Å². The van der Waals surface area contributed by atoms with Gasteiger partial charge in [-0.3, -0.25) is 13.4 Å². The van der Waals surface area contributed by atoms with Gasteiger partial charge in [0.15, 0.2) is 0 Å². The number of aliphatic hydroxyl groups is 1. The molecule has 0 aromatic heterocycles. The smallest absolute Gasteiger partial charge is 0.328 e. The average molecular weight is 459 g/mol. The zero-order chi connectivity index (χ0) is 22.1. The van der Waals surface area contributed by atoms with E-state index in [0.717, 1.165) is 4.31 Å². The number of phenols is 1. The number of nitrogens with one attached hydrogen (secondary N) is 1. The summed E-state index contributed by atoms with van der Waals surface area (Å²) in [6.45, 7) is -0.412. The van der Waals surface area contributed by atoms with E-state index in [1.807, 2.05) is 0 Å². The van der Waals surface area contributed by atoms with Crippen molar-refractivity contribution in [2.75, 3.05) is 17.4 Å². The molecule has 2 amide bonds. The Morgan fingerprint density at radius 1 is 1.23 bits per heavy atom. The summed E-state index contributed by atoms with van der Waals surface area (Å²) in [6.07, 6.45) is -1.12. The third kappa shape index (κ3) is 4.45. The number of nitrogens with two attached hydrogens (primary N) is 1. The maximum absolute atomic E-state index is 12.7. The molecule has 1 saturated heterocycles. The number of anilines is 1. The van der Waals surface area contributed by atoms with Crippen LogP contribution >= 0.6 is 11.0 Å². The van der Waals surface area contributed by atoms with Crippen molar-refractivity contribution in [2.24, 2.45) is 5.73 Å². The number of urea groups is 1. The molecule has 1 fully saturated rings. The molecule has 2 aromatic rings. The highest BCUT2D eigenvalue weighted by Gasteiger charge is 2.36. The van der Waals surface area contributed by atoms with Crippen molar-refractivity contribution < 1.29 is 32.5 Å². The van der Waals surface area contributed by atoms with Crippen LogP contribution in [0, 0.1) is 0 Å². The van der Waals surface area contributed by atoms with Gasteiger partial charge in [-0.05, 0) is 36.2 Å². The van der Waals surface area contributed by atoms with Gasteiger partial charge in [0, 0.05) is 6.54 Å². The molecular formula is C17H22N4O7S2. The predicted molar refractivity (Wildman–Crippen MR) is 111 cm³/mol. The van der Waals surface area contributed by atoms with Crippen LogP contribution < -0.4 is 14.8 Å². The van der Waals surface area contributed by atoms with Crippen LogP contribution in [-0.4, -0.2) is 57.4 Å². The number of phenolic OH excluding ortho intramolecular Hbond substituents is 1. The van der Waals surface area contributed by atoms with Crippen molar-refractivity contribution in [1.82, 2.24) is 9.03 Å². The lowest BCUT2D eigenvalue weighted by atomic mass is 10.1. The van der Waals surface area contributed by atoms with Gasteiger partial charge in [0.05, 0.1) is 11.4 Å². The number of benzene rings is 2. The van der Waals surface area contributed by atoms with Crippen LogP contribution in [0.5, 0.6) is 5.75 Å². The molecule has 2 aromatic carbocycles. The summed E-state index contributed by atoms with van der Waals surface area (Å²) in [5, 5.41) is 19.9. The number of aliphatic hydroxyl groups excluding tert-OH is 1. The minimum absolute atomic E-state index is 0.0555. The summed E-state index contributed by atoms with van der Waals surface area (Å²) < 4.78 is 49.1. The molecule has 1 unspecified atom stereocenters. The normalized spacial score (nSPS) is 19.4. The van der Waals surface area contributed by atoms with E-state index in [-0.39, 0.29) is 35.8 Å². The number of primary amides is 1. The van der Waals surface area contributed by atoms with E-state index in [2.05, 4.69) is 4.72 Å². The van der Waals surface area contributed by atoms with E-state index in [9.17, 15) is 32.5 Å². The van der Waals surface area contributed by atoms with E-state index in [4.69, 9.17) is 5.73 Å². The Labute approximate surface area is 175 Å². The van der Waals surface area contributed by atoms with E-state index in [0.29, 0.717) is 9.87 Å². The molecule has 0 spiro atoms. The fraction of sp³-hybridized carbons (Fsp3) is 0.235. The summed E-state index contributed by atoms with van der Waals surface area (Å²) in [4.78, 5) is 11.7. The summed E-state index contributed by atoms with van der Waals surface area (Å²) in [7, 11) is -7.62. The minimum atomic E-state index is -4.13. The van der Waals surface area contributed by atoms with Gasteiger partial charge in [0.1, 0.15) is 17.7 Å². The molecule has 1 aliphatic rings. The lowest BCUT2D eigenvalue weighted by molar-refractivity contribution is 0.182. The Balaban J connectivity index is 1.78. The van der Waals surface area contributed by atoms with Gasteiger partial charge in [-0.25, -0.2) is 17.5 Å². The van der Waals surface area contributed by atoms with Gasteiger partial charge in [-0.1, -0.05) is 35.2 Å². The number of hydrogen-bond acceptors (Lipinski definition) is 9. The third-order valence-electron chi connectivity index (χ3n) is 4.43. The van der Waals surface area contributed by atoms with E-state index < -0.39 is 33.2 Å². The zero-order valence-corrected chi connectivity index (χ0v) is 17.3. The Kier molecular flexibility index (Phi) is 6.12. The van der Waals surface area contributed by atoms with E-state index >= 15 is 0 Å². The van der Waals surface area contributed by atoms with Crippen molar-refractivity contribution in [1.29, 1.82) is 0 Å². The molecule has 30 heavy (non-hydrogen) atoms. The zero-order valence-electron chi connectivity index (χ0n) is 15.6. The lowest BCUT2D eigenvalue weighted by Crippen LogP contribution is -2.41. The molecule has 11 nitrogen and oxygen atoms in total. The van der Waals surface area contributed by atoms with Crippen molar-refractivity contribution >= 4 is 32.7 Å². The molecule has 1 heterocycles. The summed E-state index contributed by atoms with van der Waals surface area (Å²) in [6, 6.07) is 10.5. The number of carbonyl (C=O) groups excluding carboxylic acids is 1. The molecule has 1 atom stereocenters. The standard InChI is InChI=1S/C17H22N4O7S2/c18-17(24)20(29(25,26)13-4-2-1-3-5-13)9-8-12-6-7-14(15(22)10-12)21-11-16(23)19-30(21,27)28/h1-7,10,16,19,22-23,27-28H,8-9,11H2,(H2,18,24). The van der Waals surface area contributed by atoms with Crippen LogP contribution in [-0.2, 0) is 16.4 Å².